The Kier molecular flexibility index (Phi) is 1.68. The Morgan fingerprint density at radius 1 is 1.42 bits per heavy atom. The Bertz CT molecular complexity index is 431. The molecule has 0 bridgehead atoms. The van der Waals surface area contributed by atoms with Crippen molar-refractivity contribution in [3.63, 3.8) is 0 Å². The summed E-state index contributed by atoms with van der Waals surface area (Å²) in [6.45, 7) is 4.15. The van der Waals surface area contributed by atoms with Crippen LogP contribution in [0.5, 0.6) is 0 Å². The van der Waals surface area contributed by atoms with Crippen molar-refractivity contribution >= 4 is 21.6 Å². The van der Waals surface area contributed by atoms with Crippen LogP contribution in [0, 0.1) is 13.8 Å². The number of aromatic nitrogens is 2. The van der Waals surface area contributed by atoms with E-state index in [0.717, 1.165) is 10.1 Å². The number of rotatable bonds is 0. The minimum absolute atomic E-state index is 1.01. The molecule has 2 heterocycles. The standard InChI is InChI=1S/C9H9BrN2/c1-6-5-8-11-3-4-12(8)7(2)9(6)10/h3-5H,1-2H3. The highest BCUT2D eigenvalue weighted by atomic mass is 79.9. The molecule has 2 aromatic heterocycles. The number of halogens is 1. The van der Waals surface area contributed by atoms with Crippen molar-refractivity contribution < 1.29 is 0 Å². The van der Waals surface area contributed by atoms with Gasteiger partial charge in [-0.15, -0.1) is 0 Å². The Morgan fingerprint density at radius 3 is 2.92 bits per heavy atom. The van der Waals surface area contributed by atoms with Gasteiger partial charge in [0.25, 0.3) is 0 Å². The zero-order valence-electron chi connectivity index (χ0n) is 7.00. The van der Waals surface area contributed by atoms with Crippen LogP contribution in [0.1, 0.15) is 11.3 Å². The highest BCUT2D eigenvalue weighted by Gasteiger charge is 2.04. The average Bonchev–Trinajstić information content (AvgIpc) is 2.48. The van der Waals surface area contributed by atoms with Crippen molar-refractivity contribution in [3.8, 4) is 0 Å². The molecular weight excluding hydrogens is 216 g/mol. The van der Waals surface area contributed by atoms with Gasteiger partial charge in [0.2, 0.25) is 0 Å². The predicted molar refractivity (Wildman–Crippen MR) is 52.4 cm³/mol. The van der Waals surface area contributed by atoms with Crippen LogP contribution in [-0.4, -0.2) is 9.38 Å². The molecule has 0 fully saturated rings. The maximum Gasteiger partial charge on any atom is 0.137 e. The number of fused-ring (bicyclic) bond motifs is 1. The highest BCUT2D eigenvalue weighted by molar-refractivity contribution is 9.10. The molecule has 2 nitrogen and oxygen atoms in total. The number of pyridine rings is 1. The molecule has 0 unspecified atom stereocenters. The molecule has 2 rings (SSSR count). The molecular formula is C9H9BrN2. The number of nitrogens with zero attached hydrogens (tertiary/aromatic N) is 2. The number of hydrogen-bond donors (Lipinski definition) is 0. The summed E-state index contributed by atoms with van der Waals surface area (Å²) in [6.07, 6.45) is 3.78. The van der Waals surface area contributed by atoms with Gasteiger partial charge in [0.1, 0.15) is 5.65 Å². The van der Waals surface area contributed by atoms with Crippen LogP contribution in [0.25, 0.3) is 5.65 Å². The third-order valence-corrected chi connectivity index (χ3v) is 3.24. The fourth-order valence-corrected chi connectivity index (χ4v) is 1.66. The molecule has 0 aliphatic rings. The monoisotopic (exact) mass is 224 g/mol. The summed E-state index contributed by atoms with van der Waals surface area (Å²) in [7, 11) is 0. The van der Waals surface area contributed by atoms with Gasteiger partial charge in [-0.3, -0.25) is 0 Å². The van der Waals surface area contributed by atoms with E-state index in [1.165, 1.54) is 11.3 Å². The van der Waals surface area contributed by atoms with E-state index >= 15 is 0 Å². The molecule has 0 saturated carbocycles. The van der Waals surface area contributed by atoms with E-state index in [0.29, 0.717) is 0 Å². The van der Waals surface area contributed by atoms with Gasteiger partial charge in [-0.05, 0) is 41.4 Å². The van der Waals surface area contributed by atoms with Crippen molar-refractivity contribution in [2.24, 2.45) is 0 Å². The van der Waals surface area contributed by atoms with Crippen molar-refractivity contribution in [1.82, 2.24) is 9.38 Å². The van der Waals surface area contributed by atoms with Gasteiger partial charge < -0.3 is 4.40 Å². The second-order valence-corrected chi connectivity index (χ2v) is 3.68. The first-order valence-corrected chi connectivity index (χ1v) is 4.58. The lowest BCUT2D eigenvalue weighted by Crippen LogP contribution is -1.93. The van der Waals surface area contributed by atoms with Gasteiger partial charge in [0, 0.05) is 22.6 Å². The Labute approximate surface area is 79.4 Å². The summed E-state index contributed by atoms with van der Waals surface area (Å²) in [5, 5.41) is 0. The van der Waals surface area contributed by atoms with E-state index in [1.807, 2.05) is 12.4 Å². The predicted octanol–water partition coefficient (Wildman–Crippen LogP) is 2.71. The molecule has 12 heavy (non-hydrogen) atoms. The summed E-state index contributed by atoms with van der Waals surface area (Å²) in [4.78, 5) is 4.22. The van der Waals surface area contributed by atoms with Crippen molar-refractivity contribution in [1.29, 1.82) is 0 Å². The lowest BCUT2D eigenvalue weighted by molar-refractivity contribution is 1.07. The SMILES string of the molecule is Cc1cc2nccn2c(C)c1Br. The Morgan fingerprint density at radius 2 is 2.17 bits per heavy atom. The van der Waals surface area contributed by atoms with Crippen LogP contribution in [0.2, 0.25) is 0 Å². The van der Waals surface area contributed by atoms with Gasteiger partial charge >= 0.3 is 0 Å². The molecule has 0 spiro atoms. The van der Waals surface area contributed by atoms with Gasteiger partial charge in [-0.1, -0.05) is 0 Å². The van der Waals surface area contributed by atoms with E-state index in [9.17, 15) is 0 Å². The number of hydrogen-bond acceptors (Lipinski definition) is 1. The second-order valence-electron chi connectivity index (χ2n) is 2.88. The fourth-order valence-electron chi connectivity index (χ4n) is 1.35. The molecule has 62 valence electrons. The third kappa shape index (κ3) is 0.966. The second kappa shape index (κ2) is 2.59. The summed E-state index contributed by atoms with van der Waals surface area (Å²) < 4.78 is 3.23. The molecule has 0 amide bonds. The lowest BCUT2D eigenvalue weighted by Gasteiger charge is -2.05. The maximum absolute atomic E-state index is 4.22. The van der Waals surface area contributed by atoms with Crippen LogP contribution < -0.4 is 0 Å². The Balaban J connectivity index is 2.94. The van der Waals surface area contributed by atoms with Gasteiger partial charge in [0.15, 0.2) is 0 Å². The van der Waals surface area contributed by atoms with E-state index in [-0.39, 0.29) is 0 Å². The van der Waals surface area contributed by atoms with E-state index in [1.54, 1.807) is 0 Å². The Hall–Kier alpha value is -0.830. The molecule has 0 aliphatic carbocycles. The summed E-state index contributed by atoms with van der Waals surface area (Å²) in [5.41, 5.74) is 3.43. The van der Waals surface area contributed by atoms with E-state index < -0.39 is 0 Å². The van der Waals surface area contributed by atoms with Crippen molar-refractivity contribution in [2.45, 2.75) is 13.8 Å². The maximum atomic E-state index is 4.22. The first-order valence-electron chi connectivity index (χ1n) is 3.79. The smallest absolute Gasteiger partial charge is 0.137 e. The number of imidazole rings is 1. The quantitative estimate of drug-likeness (QED) is 0.673. The molecule has 3 heteroatoms. The van der Waals surface area contributed by atoms with Gasteiger partial charge in [-0.25, -0.2) is 4.98 Å². The van der Waals surface area contributed by atoms with Gasteiger partial charge in [0.05, 0.1) is 0 Å². The topological polar surface area (TPSA) is 17.3 Å². The van der Waals surface area contributed by atoms with Crippen LogP contribution in [0.3, 0.4) is 0 Å². The average molecular weight is 225 g/mol. The lowest BCUT2D eigenvalue weighted by atomic mass is 10.2. The third-order valence-electron chi connectivity index (χ3n) is 2.04. The highest BCUT2D eigenvalue weighted by Crippen LogP contribution is 2.21. The molecule has 0 aliphatic heterocycles. The minimum Gasteiger partial charge on any atom is -0.303 e. The van der Waals surface area contributed by atoms with Crippen LogP contribution in [0.4, 0.5) is 0 Å². The van der Waals surface area contributed by atoms with Crippen LogP contribution >= 0.6 is 15.9 Å². The van der Waals surface area contributed by atoms with Crippen LogP contribution in [-0.2, 0) is 0 Å². The first kappa shape index (κ1) is 7.80. The van der Waals surface area contributed by atoms with Gasteiger partial charge in [-0.2, -0.15) is 0 Å². The number of aryl methyl sites for hydroxylation is 2. The van der Waals surface area contributed by atoms with Crippen LogP contribution in [0.15, 0.2) is 22.9 Å². The van der Waals surface area contributed by atoms with E-state index in [2.05, 4.69) is 45.2 Å². The summed E-state index contributed by atoms with van der Waals surface area (Å²) in [6, 6.07) is 2.07. The summed E-state index contributed by atoms with van der Waals surface area (Å²) >= 11 is 3.54. The molecule has 0 radical (unpaired) electrons. The molecule has 0 atom stereocenters. The first-order chi connectivity index (χ1) is 5.70. The van der Waals surface area contributed by atoms with E-state index in [4.69, 9.17) is 0 Å². The normalized spacial score (nSPS) is 10.9. The molecule has 0 aromatic carbocycles. The fraction of sp³-hybridized carbons (Fsp3) is 0.222. The van der Waals surface area contributed by atoms with Crippen molar-refractivity contribution in [2.75, 3.05) is 0 Å². The molecule has 0 saturated heterocycles. The zero-order valence-corrected chi connectivity index (χ0v) is 8.59. The molecule has 0 N–H and O–H groups in total. The zero-order chi connectivity index (χ0) is 8.72. The molecule has 2 aromatic rings. The van der Waals surface area contributed by atoms with Crippen molar-refractivity contribution in [3.05, 3.63) is 34.2 Å². The summed E-state index contributed by atoms with van der Waals surface area (Å²) in [5.74, 6) is 0. The minimum atomic E-state index is 1.01. The largest absolute Gasteiger partial charge is 0.303 e.